The summed E-state index contributed by atoms with van der Waals surface area (Å²) in [5, 5.41) is 23.7. The van der Waals surface area contributed by atoms with Gasteiger partial charge in [-0.25, -0.2) is 18.2 Å². The quantitative estimate of drug-likeness (QED) is 0.211. The second-order valence-electron chi connectivity index (χ2n) is 9.64. The number of imidazole rings is 1. The van der Waals surface area contributed by atoms with Crippen LogP contribution in [0.1, 0.15) is 42.3 Å². The van der Waals surface area contributed by atoms with Crippen LogP contribution in [0.3, 0.4) is 0 Å². The van der Waals surface area contributed by atoms with Gasteiger partial charge < -0.3 is 20.1 Å². The molecule has 0 saturated carbocycles. The molecule has 0 saturated heterocycles. The van der Waals surface area contributed by atoms with Gasteiger partial charge in [0.1, 0.15) is 0 Å². The maximum absolute atomic E-state index is 12.6. The highest BCUT2D eigenvalue weighted by Crippen LogP contribution is 2.25. The van der Waals surface area contributed by atoms with Crippen molar-refractivity contribution in [3.05, 3.63) is 89.2 Å². The molecule has 38 heavy (non-hydrogen) atoms. The first-order valence-corrected chi connectivity index (χ1v) is 13.8. The largest absolute Gasteiger partial charge is 0.478 e. The molecule has 0 amide bonds. The van der Waals surface area contributed by atoms with Crippen LogP contribution in [0.15, 0.2) is 78.0 Å². The predicted octanol–water partition coefficient (Wildman–Crippen LogP) is 4.68. The Morgan fingerprint density at radius 3 is 2.55 bits per heavy atom. The summed E-state index contributed by atoms with van der Waals surface area (Å²) in [6, 6.07) is 17.8. The van der Waals surface area contributed by atoms with E-state index < -0.39 is 22.1 Å². The Balaban J connectivity index is 1.38. The highest BCUT2D eigenvalue weighted by atomic mass is 35.5. The second kappa shape index (κ2) is 11.1. The van der Waals surface area contributed by atoms with Gasteiger partial charge in [-0.2, -0.15) is 0 Å². The zero-order valence-electron chi connectivity index (χ0n) is 20.9. The number of aliphatic hydroxyl groups excluding tert-OH is 1. The number of sulfonamides is 1. The molecule has 0 spiro atoms. The van der Waals surface area contributed by atoms with Gasteiger partial charge in [0.25, 0.3) is 10.0 Å². The number of hydrogen-bond acceptors (Lipinski definition) is 6. The number of halogens is 1. The third kappa shape index (κ3) is 6.51. The average molecular weight is 557 g/mol. The number of aromatic nitrogens is 2. The van der Waals surface area contributed by atoms with Crippen molar-refractivity contribution < 1.29 is 23.4 Å². The van der Waals surface area contributed by atoms with Crippen molar-refractivity contribution in [2.45, 2.75) is 43.4 Å². The van der Waals surface area contributed by atoms with Gasteiger partial charge in [-0.3, -0.25) is 4.72 Å². The predicted molar refractivity (Wildman–Crippen MR) is 147 cm³/mol. The van der Waals surface area contributed by atoms with Crippen LogP contribution in [-0.4, -0.2) is 46.2 Å². The molecule has 0 aliphatic heterocycles. The first-order chi connectivity index (χ1) is 17.9. The van der Waals surface area contributed by atoms with Crippen molar-refractivity contribution in [2.24, 2.45) is 0 Å². The van der Waals surface area contributed by atoms with E-state index in [4.69, 9.17) is 11.6 Å². The van der Waals surface area contributed by atoms with Crippen LogP contribution in [0.4, 0.5) is 5.69 Å². The fourth-order valence-electron chi connectivity index (χ4n) is 4.02. The lowest BCUT2D eigenvalue weighted by Gasteiger charge is -2.28. The van der Waals surface area contributed by atoms with Crippen molar-refractivity contribution >= 4 is 44.3 Å². The lowest BCUT2D eigenvalue weighted by molar-refractivity contribution is 0.0697. The van der Waals surface area contributed by atoms with Gasteiger partial charge in [-0.05, 0) is 62.2 Å². The molecule has 9 nitrogen and oxygen atoms in total. The lowest BCUT2D eigenvalue weighted by Crippen LogP contribution is -2.42. The smallest absolute Gasteiger partial charge is 0.337 e. The van der Waals surface area contributed by atoms with Gasteiger partial charge in [0.2, 0.25) is 0 Å². The van der Waals surface area contributed by atoms with Gasteiger partial charge in [0.15, 0.2) is 0 Å². The summed E-state index contributed by atoms with van der Waals surface area (Å²) in [5.74, 6) is -1.10. The molecule has 0 fully saturated rings. The molecule has 200 valence electrons. The standard InChI is InChI=1S/C27H29ClN4O5S/c1-27(2,11-12-32-17-29-23-15-22(28)21(26(34)35)14-24(23)32)30-16-25(33)18-7-6-8-19(13-18)31-38(36,37)20-9-4-3-5-10-20/h3-10,13-15,17,25,30-31,33H,11-12,16H2,1-2H3,(H,34,35). The number of nitrogens with zero attached hydrogens (tertiary/aromatic N) is 2. The summed E-state index contributed by atoms with van der Waals surface area (Å²) in [5.41, 5.74) is 1.86. The number of nitrogens with one attached hydrogen (secondary N) is 2. The Hall–Kier alpha value is -3.44. The number of hydrogen-bond donors (Lipinski definition) is 4. The SMILES string of the molecule is CC(C)(CCn1cnc2cc(Cl)c(C(=O)O)cc21)NCC(O)c1cccc(NS(=O)(=O)c2ccccc2)c1. The number of aliphatic hydroxyl groups is 1. The zero-order valence-corrected chi connectivity index (χ0v) is 22.5. The molecular weight excluding hydrogens is 528 g/mol. The molecule has 4 aromatic rings. The van der Waals surface area contributed by atoms with E-state index in [0.717, 1.165) is 0 Å². The van der Waals surface area contributed by atoms with Crippen LogP contribution in [0.2, 0.25) is 5.02 Å². The molecule has 1 heterocycles. The minimum atomic E-state index is -3.74. The Bertz CT molecular complexity index is 1550. The molecule has 0 aliphatic rings. The van der Waals surface area contributed by atoms with Crippen LogP contribution in [0, 0.1) is 0 Å². The molecule has 1 atom stereocenters. The van der Waals surface area contributed by atoms with Crippen molar-refractivity contribution in [3.8, 4) is 0 Å². The van der Waals surface area contributed by atoms with Crippen LogP contribution < -0.4 is 10.0 Å². The maximum atomic E-state index is 12.6. The fraction of sp³-hybridized carbons (Fsp3) is 0.259. The lowest BCUT2D eigenvalue weighted by atomic mass is 9.99. The topological polar surface area (TPSA) is 134 Å². The van der Waals surface area contributed by atoms with E-state index in [0.29, 0.717) is 35.2 Å². The summed E-state index contributed by atoms with van der Waals surface area (Å²) in [6.45, 7) is 4.81. The Labute approximate surface area is 226 Å². The Morgan fingerprint density at radius 2 is 1.84 bits per heavy atom. The van der Waals surface area contributed by atoms with Gasteiger partial charge in [-0.15, -0.1) is 0 Å². The highest BCUT2D eigenvalue weighted by Gasteiger charge is 2.21. The minimum absolute atomic E-state index is 0.0229. The van der Waals surface area contributed by atoms with E-state index in [-0.39, 0.29) is 27.6 Å². The molecule has 3 aromatic carbocycles. The molecule has 4 N–H and O–H groups in total. The molecular formula is C27H29ClN4O5S. The average Bonchev–Trinajstić information content (AvgIpc) is 3.27. The zero-order chi connectivity index (χ0) is 27.5. The maximum Gasteiger partial charge on any atom is 0.337 e. The van der Waals surface area contributed by atoms with Gasteiger partial charge >= 0.3 is 5.97 Å². The molecule has 0 aliphatic carbocycles. The van der Waals surface area contributed by atoms with Crippen molar-refractivity contribution in [1.29, 1.82) is 0 Å². The highest BCUT2D eigenvalue weighted by molar-refractivity contribution is 7.92. The number of β-amino-alcohol motifs (C(OH)–C–C–N with tert-alkyl or cyclic N) is 1. The minimum Gasteiger partial charge on any atom is -0.478 e. The van der Waals surface area contributed by atoms with E-state index in [1.807, 2.05) is 18.4 Å². The van der Waals surface area contributed by atoms with E-state index >= 15 is 0 Å². The number of carboxylic acid groups (broad SMARTS) is 1. The summed E-state index contributed by atoms with van der Waals surface area (Å²) >= 11 is 6.05. The van der Waals surface area contributed by atoms with Gasteiger partial charge in [0.05, 0.1) is 38.9 Å². The number of carboxylic acids is 1. The summed E-state index contributed by atoms with van der Waals surface area (Å²) in [4.78, 5) is 15.9. The number of carbonyl (C=O) groups is 1. The first kappa shape index (κ1) is 27.6. The monoisotopic (exact) mass is 556 g/mol. The number of anilines is 1. The summed E-state index contributed by atoms with van der Waals surface area (Å²) in [6.07, 6.45) is 1.44. The van der Waals surface area contributed by atoms with Crippen molar-refractivity contribution in [3.63, 3.8) is 0 Å². The molecule has 0 bridgehead atoms. The number of rotatable bonds is 11. The molecule has 4 rings (SSSR count). The summed E-state index contributed by atoms with van der Waals surface area (Å²) < 4.78 is 29.7. The number of aryl methyl sites for hydroxylation is 1. The van der Waals surface area contributed by atoms with E-state index in [1.54, 1.807) is 54.9 Å². The van der Waals surface area contributed by atoms with Gasteiger partial charge in [-0.1, -0.05) is 41.9 Å². The van der Waals surface area contributed by atoms with E-state index in [2.05, 4.69) is 15.0 Å². The Morgan fingerprint density at radius 1 is 1.11 bits per heavy atom. The van der Waals surface area contributed by atoms with E-state index in [9.17, 15) is 23.4 Å². The normalized spacial score (nSPS) is 12.9. The van der Waals surface area contributed by atoms with Crippen LogP contribution in [0.5, 0.6) is 0 Å². The van der Waals surface area contributed by atoms with Crippen molar-refractivity contribution in [1.82, 2.24) is 14.9 Å². The second-order valence-corrected chi connectivity index (χ2v) is 11.7. The number of benzene rings is 3. The molecule has 1 aromatic heterocycles. The molecule has 11 heteroatoms. The third-order valence-corrected chi connectivity index (χ3v) is 7.98. The first-order valence-electron chi connectivity index (χ1n) is 11.9. The van der Waals surface area contributed by atoms with Crippen LogP contribution >= 0.6 is 11.6 Å². The Kier molecular flexibility index (Phi) is 8.08. The third-order valence-electron chi connectivity index (χ3n) is 6.27. The molecule has 1 unspecified atom stereocenters. The number of aromatic carboxylic acids is 1. The number of fused-ring (bicyclic) bond motifs is 1. The van der Waals surface area contributed by atoms with Crippen molar-refractivity contribution in [2.75, 3.05) is 11.3 Å². The van der Waals surface area contributed by atoms with E-state index in [1.165, 1.54) is 18.2 Å². The van der Waals surface area contributed by atoms with Crippen LogP contribution in [0.25, 0.3) is 11.0 Å². The van der Waals surface area contributed by atoms with Gasteiger partial charge in [0, 0.05) is 24.3 Å². The van der Waals surface area contributed by atoms with Crippen LogP contribution in [-0.2, 0) is 16.6 Å². The fourth-order valence-corrected chi connectivity index (χ4v) is 5.33. The summed E-state index contributed by atoms with van der Waals surface area (Å²) in [7, 11) is -3.74. The molecule has 0 radical (unpaired) electrons.